The Morgan fingerprint density at radius 3 is 2.26 bits per heavy atom. The van der Waals surface area contributed by atoms with Crippen molar-refractivity contribution >= 4 is 43.2 Å². The Morgan fingerprint density at radius 1 is 1.10 bits per heavy atom. The maximum absolute atomic E-state index is 14.3. The molecule has 1 N–H and O–H groups in total. The first-order valence-electron chi connectivity index (χ1n) is 14.7. The first-order valence-corrected chi connectivity index (χ1v) is 14.7. The average Bonchev–Trinajstić information content (AvgIpc) is 3.54. The van der Waals surface area contributed by atoms with Gasteiger partial charge in [0, 0.05) is 36.3 Å². The third-order valence-corrected chi connectivity index (χ3v) is 10.1. The molecule has 0 radical (unpaired) electrons. The second-order valence-corrected chi connectivity index (χ2v) is 12.7. The highest BCUT2D eigenvalue weighted by atomic mass is 35.5. The minimum absolute atomic E-state index is 0. The highest BCUT2D eigenvalue weighted by Gasteiger charge is 2.46. The van der Waals surface area contributed by atoms with Gasteiger partial charge >= 0.3 is 5.97 Å². The summed E-state index contributed by atoms with van der Waals surface area (Å²) < 4.78 is 30.8. The number of likely N-dealkylation sites (N-methyl/N-ethyl adjacent to an activating group) is 1. The van der Waals surface area contributed by atoms with Crippen molar-refractivity contribution in [3.63, 3.8) is 0 Å². The molecule has 0 amide bonds. The Kier molecular flexibility index (Phi) is 12.7. The molecule has 6 nitrogen and oxygen atoms in total. The van der Waals surface area contributed by atoms with Crippen LogP contribution in [0.5, 0.6) is 0 Å². The molecule has 1 aromatic heterocycles. The van der Waals surface area contributed by atoms with E-state index in [9.17, 15) is 18.7 Å². The molecule has 1 aliphatic heterocycles. The number of nitrogens with zero attached hydrogens (tertiary/aromatic N) is 4. The summed E-state index contributed by atoms with van der Waals surface area (Å²) in [6.07, 6.45) is 6.05. The zero-order valence-electron chi connectivity index (χ0n) is 25.3. The van der Waals surface area contributed by atoms with Crippen LogP contribution in [-0.4, -0.2) is 69.4 Å². The number of hydrogen-bond donors (Lipinski definition) is 1. The lowest BCUT2D eigenvalue weighted by Crippen LogP contribution is -2.47. The van der Waals surface area contributed by atoms with Gasteiger partial charge in [0.15, 0.2) is 0 Å². The van der Waals surface area contributed by atoms with Gasteiger partial charge in [0.05, 0.1) is 5.69 Å². The van der Waals surface area contributed by atoms with E-state index in [1.807, 2.05) is 25.8 Å². The van der Waals surface area contributed by atoms with Crippen LogP contribution >= 0.6 is 37.2 Å². The van der Waals surface area contributed by atoms with E-state index in [4.69, 9.17) is 5.10 Å². The number of carboxylic acids is 1. The second kappa shape index (κ2) is 14.6. The van der Waals surface area contributed by atoms with Gasteiger partial charge in [-0.25, -0.2) is 8.78 Å². The van der Waals surface area contributed by atoms with Crippen LogP contribution in [-0.2, 0) is 23.2 Å². The van der Waals surface area contributed by atoms with E-state index in [0.29, 0.717) is 12.0 Å². The van der Waals surface area contributed by atoms with Crippen molar-refractivity contribution in [1.29, 1.82) is 0 Å². The highest BCUT2D eigenvalue weighted by Crippen LogP contribution is 2.48. The van der Waals surface area contributed by atoms with Crippen LogP contribution in [0.3, 0.4) is 0 Å². The van der Waals surface area contributed by atoms with Crippen molar-refractivity contribution in [3.8, 4) is 0 Å². The van der Waals surface area contributed by atoms with Crippen LogP contribution in [0.25, 0.3) is 0 Å². The number of carboxylic acid groups (broad SMARTS) is 1. The molecule has 1 aromatic carbocycles. The highest BCUT2D eigenvalue weighted by molar-refractivity contribution is 5.86. The topological polar surface area (TPSA) is 61.6 Å². The Morgan fingerprint density at radius 2 is 1.71 bits per heavy atom. The maximum atomic E-state index is 14.3. The standard InChI is InChI=1S/C31H44F2N4O2.3ClH/c1-6-37-29-26(20(4)34-37)7-8-31(29)9-11-36(12-10-31)18-22-15-25(35(5)28(19(2)3)30(38)39)17-27(22)21-13-23(32)16-24(33)14-21;;;/h13-14,16,19,22,25,27-28H,6-12,15,17-18H2,1-5H3,(H,38,39);3*1H/t22?,25?,27-,28-;;;/m1.../s1. The number of piperidine rings is 1. The number of carbonyl (C=O) groups is 1. The fourth-order valence-electron chi connectivity index (χ4n) is 8.19. The lowest BCUT2D eigenvalue weighted by atomic mass is 9.75. The fourth-order valence-corrected chi connectivity index (χ4v) is 8.19. The van der Waals surface area contributed by atoms with Gasteiger partial charge in [-0.1, -0.05) is 13.8 Å². The molecule has 1 saturated carbocycles. The summed E-state index contributed by atoms with van der Waals surface area (Å²) in [7, 11) is 1.90. The number of rotatable bonds is 8. The normalized spacial score (nSPS) is 23.8. The molecule has 42 heavy (non-hydrogen) atoms. The molecule has 4 atom stereocenters. The summed E-state index contributed by atoms with van der Waals surface area (Å²) in [5.41, 5.74) is 5.00. The minimum Gasteiger partial charge on any atom is -0.480 e. The number of fused-ring (bicyclic) bond motifs is 2. The SMILES string of the molecule is CCn1nc(C)c2c1C1(CC2)CCN(CC2CC(N(C)[C@@H](C(=O)O)C(C)C)C[C@@H]2c2cc(F)cc(F)c2)CC1.Cl.Cl.Cl. The van der Waals surface area contributed by atoms with E-state index < -0.39 is 23.6 Å². The number of likely N-dealkylation sites (tertiary alicyclic amines) is 1. The molecule has 2 unspecified atom stereocenters. The van der Waals surface area contributed by atoms with E-state index in [1.54, 1.807) is 0 Å². The largest absolute Gasteiger partial charge is 0.480 e. The van der Waals surface area contributed by atoms with E-state index >= 15 is 0 Å². The summed E-state index contributed by atoms with van der Waals surface area (Å²) in [6, 6.07) is 3.33. The van der Waals surface area contributed by atoms with Crippen LogP contribution in [0.15, 0.2) is 18.2 Å². The van der Waals surface area contributed by atoms with Gasteiger partial charge in [-0.2, -0.15) is 5.10 Å². The molecule has 3 aliphatic rings. The zero-order chi connectivity index (χ0) is 28.1. The monoisotopic (exact) mass is 650 g/mol. The second-order valence-electron chi connectivity index (χ2n) is 12.7. The number of aromatic nitrogens is 2. The number of hydrogen-bond acceptors (Lipinski definition) is 4. The van der Waals surface area contributed by atoms with Gasteiger partial charge in [-0.3, -0.25) is 14.4 Å². The van der Waals surface area contributed by atoms with Crippen LogP contribution < -0.4 is 0 Å². The maximum Gasteiger partial charge on any atom is 0.321 e. The van der Waals surface area contributed by atoms with Crippen molar-refractivity contribution in [2.45, 2.75) is 96.2 Å². The third-order valence-electron chi connectivity index (χ3n) is 10.1. The average molecular weight is 652 g/mol. The molecule has 2 aliphatic carbocycles. The van der Waals surface area contributed by atoms with Gasteiger partial charge in [0.25, 0.3) is 0 Å². The third kappa shape index (κ3) is 6.93. The summed E-state index contributed by atoms with van der Waals surface area (Å²) in [5.74, 6) is -1.76. The predicted molar refractivity (Wildman–Crippen MR) is 170 cm³/mol. The Bertz CT molecular complexity index is 1200. The van der Waals surface area contributed by atoms with Crippen LogP contribution in [0.1, 0.15) is 81.3 Å². The number of benzene rings is 1. The van der Waals surface area contributed by atoms with Crippen molar-refractivity contribution in [1.82, 2.24) is 19.6 Å². The summed E-state index contributed by atoms with van der Waals surface area (Å²) in [4.78, 5) is 16.6. The zero-order valence-corrected chi connectivity index (χ0v) is 27.8. The van der Waals surface area contributed by atoms with E-state index in [-0.39, 0.29) is 66.4 Å². The molecule has 238 valence electrons. The minimum atomic E-state index is -0.817. The van der Waals surface area contributed by atoms with Gasteiger partial charge in [-0.05, 0) is 114 Å². The van der Waals surface area contributed by atoms with Crippen molar-refractivity contribution in [3.05, 3.63) is 52.3 Å². The number of halogens is 5. The first kappa shape index (κ1) is 36.7. The van der Waals surface area contributed by atoms with Crippen molar-refractivity contribution in [2.75, 3.05) is 26.7 Å². The molecule has 5 rings (SSSR count). The molecule has 1 saturated heterocycles. The molecule has 0 bridgehead atoms. The molecule has 2 aromatic rings. The van der Waals surface area contributed by atoms with Crippen LogP contribution in [0.4, 0.5) is 8.78 Å². The van der Waals surface area contributed by atoms with Crippen molar-refractivity contribution < 1.29 is 18.7 Å². The summed E-state index contributed by atoms with van der Waals surface area (Å²) >= 11 is 0. The van der Waals surface area contributed by atoms with E-state index in [1.165, 1.54) is 35.5 Å². The smallest absolute Gasteiger partial charge is 0.321 e. The molecular formula is C31H47Cl3F2N4O2. The molecule has 1 spiro atoms. The molecule has 2 heterocycles. The number of aliphatic carboxylic acids is 1. The lowest BCUT2D eigenvalue weighted by Gasteiger charge is -2.41. The molecule has 11 heteroatoms. The Labute approximate surface area is 267 Å². The Hall–Kier alpha value is -1.45. The summed E-state index contributed by atoms with van der Waals surface area (Å²) in [6.45, 7) is 11.9. The van der Waals surface area contributed by atoms with Gasteiger partial charge in [-0.15, -0.1) is 37.2 Å². The van der Waals surface area contributed by atoms with Gasteiger partial charge in [0.2, 0.25) is 0 Å². The predicted octanol–water partition coefficient (Wildman–Crippen LogP) is 6.64. The van der Waals surface area contributed by atoms with E-state index in [2.05, 4.69) is 23.4 Å². The molecule has 2 fully saturated rings. The van der Waals surface area contributed by atoms with Crippen LogP contribution in [0, 0.1) is 30.4 Å². The fraction of sp³-hybridized carbons (Fsp3) is 0.677. The first-order chi connectivity index (χ1) is 18.5. The van der Waals surface area contributed by atoms with Gasteiger partial charge < -0.3 is 10.0 Å². The van der Waals surface area contributed by atoms with Crippen LogP contribution in [0.2, 0.25) is 0 Å². The van der Waals surface area contributed by atoms with E-state index in [0.717, 1.165) is 57.9 Å². The Balaban J connectivity index is 0.00000205. The quantitative estimate of drug-likeness (QED) is 0.347. The van der Waals surface area contributed by atoms with Gasteiger partial charge in [0.1, 0.15) is 17.7 Å². The lowest BCUT2D eigenvalue weighted by molar-refractivity contribution is -0.145. The number of aryl methyl sites for hydroxylation is 2. The summed E-state index contributed by atoms with van der Waals surface area (Å²) in [5, 5.41) is 14.7. The van der Waals surface area contributed by atoms with Crippen molar-refractivity contribution in [2.24, 2.45) is 11.8 Å². The molecular weight excluding hydrogens is 605 g/mol.